The molecule has 1 aliphatic rings. The fourth-order valence-corrected chi connectivity index (χ4v) is 3.50. The molecule has 1 aliphatic heterocycles. The largest absolute Gasteiger partial charge is 0.367 e. The van der Waals surface area contributed by atoms with Crippen LogP contribution in [0.25, 0.3) is 0 Å². The molecule has 1 saturated heterocycles. The number of hydrogen-bond donors (Lipinski definition) is 0. The molecule has 5 heteroatoms. The third kappa shape index (κ3) is 1.83. The lowest BCUT2D eigenvalue weighted by Gasteiger charge is -1.94. The highest BCUT2D eigenvalue weighted by atomic mass is 35.5. The molecule has 13 heavy (non-hydrogen) atoms. The monoisotopic (exact) mass is 256 g/mol. The third-order valence-corrected chi connectivity index (χ3v) is 4.49. The molecule has 1 unspecified atom stereocenters. The minimum absolute atomic E-state index is 0.191. The van der Waals surface area contributed by atoms with Crippen LogP contribution in [-0.4, -0.2) is 6.61 Å². The predicted molar refractivity (Wildman–Crippen MR) is 57.1 cm³/mol. The van der Waals surface area contributed by atoms with Crippen LogP contribution in [0, 0.1) is 0 Å². The molecule has 2 heterocycles. The molecule has 1 fully saturated rings. The van der Waals surface area contributed by atoms with E-state index in [4.69, 9.17) is 39.5 Å². The summed E-state index contributed by atoms with van der Waals surface area (Å²) in [6.45, 7) is 0.768. The summed E-state index contributed by atoms with van der Waals surface area (Å²) in [5.74, 6) is 0.892. The van der Waals surface area contributed by atoms with Gasteiger partial charge in [-0.2, -0.15) is 0 Å². The fraction of sp³-hybridized carbons (Fsp3) is 0.500. The molecular formula is C8H7Cl3OS. The van der Waals surface area contributed by atoms with Gasteiger partial charge in [-0.15, -0.1) is 34.5 Å². The van der Waals surface area contributed by atoms with Crippen molar-refractivity contribution in [2.75, 3.05) is 6.61 Å². The first-order chi connectivity index (χ1) is 6.27. The Labute approximate surface area is 95.5 Å². The van der Waals surface area contributed by atoms with E-state index in [9.17, 15) is 0 Å². The van der Waals surface area contributed by atoms with E-state index in [2.05, 4.69) is 0 Å². The number of hydrogen-bond acceptors (Lipinski definition) is 2. The van der Waals surface area contributed by atoms with Crippen LogP contribution < -0.4 is 0 Å². The molecule has 0 aliphatic carbocycles. The van der Waals surface area contributed by atoms with Crippen molar-refractivity contribution in [1.82, 2.24) is 0 Å². The van der Waals surface area contributed by atoms with E-state index in [-0.39, 0.29) is 6.10 Å². The average Bonchev–Trinajstić information content (AvgIpc) is 2.91. The van der Waals surface area contributed by atoms with E-state index in [1.165, 1.54) is 0 Å². The van der Waals surface area contributed by atoms with Crippen LogP contribution in [0.4, 0.5) is 0 Å². The van der Waals surface area contributed by atoms with Crippen LogP contribution in [0.3, 0.4) is 0 Å². The zero-order valence-corrected chi connectivity index (χ0v) is 9.73. The van der Waals surface area contributed by atoms with Crippen molar-refractivity contribution >= 4 is 46.1 Å². The molecular weight excluding hydrogens is 251 g/mol. The standard InChI is InChI=1S/C8H7Cl3OS/c9-1-4-6(2-10)13-8(7(4)11)5-3-12-5/h5H,1-3H2. The van der Waals surface area contributed by atoms with Crippen molar-refractivity contribution in [2.24, 2.45) is 0 Å². The van der Waals surface area contributed by atoms with Crippen molar-refractivity contribution in [3.05, 3.63) is 20.3 Å². The Morgan fingerprint density at radius 3 is 2.46 bits per heavy atom. The summed E-state index contributed by atoms with van der Waals surface area (Å²) in [4.78, 5) is 2.14. The second-order valence-corrected chi connectivity index (χ2v) is 4.82. The summed E-state index contributed by atoms with van der Waals surface area (Å²) >= 11 is 19.3. The first kappa shape index (κ1) is 10.1. The molecule has 1 aromatic rings. The topological polar surface area (TPSA) is 12.5 Å². The van der Waals surface area contributed by atoms with Crippen LogP contribution in [0.5, 0.6) is 0 Å². The number of rotatable bonds is 3. The molecule has 0 amide bonds. The summed E-state index contributed by atoms with van der Waals surface area (Å²) in [6.07, 6.45) is 0.191. The third-order valence-electron chi connectivity index (χ3n) is 1.93. The van der Waals surface area contributed by atoms with Gasteiger partial charge >= 0.3 is 0 Å². The summed E-state index contributed by atoms with van der Waals surface area (Å²) in [7, 11) is 0. The molecule has 1 aromatic heterocycles. The highest BCUT2D eigenvalue weighted by molar-refractivity contribution is 7.13. The Morgan fingerprint density at radius 1 is 1.38 bits per heavy atom. The second-order valence-electron chi connectivity index (χ2n) is 2.77. The number of epoxide rings is 1. The molecule has 1 nitrogen and oxygen atoms in total. The van der Waals surface area contributed by atoms with Gasteiger partial charge in [0.25, 0.3) is 0 Å². The summed E-state index contributed by atoms with van der Waals surface area (Å²) in [5, 5.41) is 0.748. The summed E-state index contributed by atoms with van der Waals surface area (Å²) in [5.41, 5.74) is 0.967. The van der Waals surface area contributed by atoms with Crippen molar-refractivity contribution < 1.29 is 4.74 Å². The molecule has 0 N–H and O–H groups in total. The first-order valence-electron chi connectivity index (χ1n) is 3.81. The molecule has 1 atom stereocenters. The van der Waals surface area contributed by atoms with E-state index in [0.29, 0.717) is 11.8 Å². The maximum absolute atomic E-state index is 6.13. The van der Waals surface area contributed by atoms with Crippen LogP contribution in [0.2, 0.25) is 5.02 Å². The van der Waals surface area contributed by atoms with E-state index >= 15 is 0 Å². The van der Waals surface area contributed by atoms with Gasteiger partial charge < -0.3 is 4.74 Å². The second kappa shape index (κ2) is 3.95. The predicted octanol–water partition coefficient (Wildman–Crippen LogP) is 3.95. The molecule has 0 bridgehead atoms. The van der Waals surface area contributed by atoms with E-state index in [1.54, 1.807) is 11.3 Å². The number of alkyl halides is 2. The lowest BCUT2D eigenvalue weighted by molar-refractivity contribution is 0.418. The Balaban J connectivity index is 2.41. The fourth-order valence-electron chi connectivity index (χ4n) is 1.16. The van der Waals surface area contributed by atoms with Gasteiger partial charge in [-0.25, -0.2) is 0 Å². The quantitative estimate of drug-likeness (QED) is 0.590. The summed E-state index contributed by atoms with van der Waals surface area (Å²) in [6, 6.07) is 0. The van der Waals surface area contributed by atoms with E-state index in [0.717, 1.165) is 26.9 Å². The minimum Gasteiger partial charge on any atom is -0.367 e. The van der Waals surface area contributed by atoms with Crippen LogP contribution in [0.15, 0.2) is 0 Å². The van der Waals surface area contributed by atoms with Gasteiger partial charge in [0, 0.05) is 16.3 Å². The Morgan fingerprint density at radius 2 is 2.08 bits per heavy atom. The van der Waals surface area contributed by atoms with Crippen molar-refractivity contribution in [2.45, 2.75) is 17.9 Å². The Bertz CT molecular complexity index is 319. The molecule has 0 radical (unpaired) electrons. The number of halogens is 3. The van der Waals surface area contributed by atoms with Crippen molar-refractivity contribution in [1.29, 1.82) is 0 Å². The van der Waals surface area contributed by atoms with Gasteiger partial charge in [-0.05, 0) is 0 Å². The zero-order chi connectivity index (χ0) is 9.42. The lowest BCUT2D eigenvalue weighted by atomic mass is 10.2. The maximum atomic E-state index is 6.13. The van der Waals surface area contributed by atoms with Crippen LogP contribution in [-0.2, 0) is 16.5 Å². The SMILES string of the molecule is ClCc1sc(C2CO2)c(Cl)c1CCl. The number of ether oxygens (including phenoxy) is 1. The molecule has 72 valence electrons. The van der Waals surface area contributed by atoms with Crippen molar-refractivity contribution in [3.8, 4) is 0 Å². The molecule has 0 spiro atoms. The Hall–Kier alpha value is 0.530. The highest BCUT2D eigenvalue weighted by Gasteiger charge is 2.31. The number of thiophene rings is 1. The normalized spacial score (nSPS) is 20.7. The van der Waals surface area contributed by atoms with E-state index < -0.39 is 0 Å². The highest BCUT2D eigenvalue weighted by Crippen LogP contribution is 2.44. The first-order valence-corrected chi connectivity index (χ1v) is 6.07. The van der Waals surface area contributed by atoms with Gasteiger partial charge in [0.05, 0.1) is 22.4 Å². The lowest BCUT2D eigenvalue weighted by Crippen LogP contribution is -1.80. The van der Waals surface area contributed by atoms with Gasteiger partial charge in [-0.3, -0.25) is 0 Å². The van der Waals surface area contributed by atoms with E-state index in [1.807, 2.05) is 0 Å². The maximum Gasteiger partial charge on any atom is 0.117 e. The van der Waals surface area contributed by atoms with Crippen molar-refractivity contribution in [3.63, 3.8) is 0 Å². The zero-order valence-electron chi connectivity index (χ0n) is 6.65. The summed E-state index contributed by atoms with van der Waals surface area (Å²) < 4.78 is 5.17. The van der Waals surface area contributed by atoms with Gasteiger partial charge in [0.1, 0.15) is 6.10 Å². The van der Waals surface area contributed by atoms with Gasteiger partial charge in [0.15, 0.2) is 0 Å². The molecule has 0 aromatic carbocycles. The average molecular weight is 258 g/mol. The van der Waals surface area contributed by atoms with Crippen LogP contribution in [0.1, 0.15) is 21.4 Å². The van der Waals surface area contributed by atoms with Crippen LogP contribution >= 0.6 is 46.1 Å². The minimum atomic E-state index is 0.191. The molecule has 2 rings (SSSR count). The Kier molecular flexibility index (Phi) is 3.06. The van der Waals surface area contributed by atoms with Gasteiger partial charge in [0.2, 0.25) is 0 Å². The van der Waals surface area contributed by atoms with Gasteiger partial charge in [-0.1, -0.05) is 11.6 Å². The smallest absolute Gasteiger partial charge is 0.117 e. The molecule has 0 saturated carbocycles.